The van der Waals surface area contributed by atoms with Crippen LogP contribution in [0.3, 0.4) is 0 Å². The van der Waals surface area contributed by atoms with Gasteiger partial charge in [0.1, 0.15) is 0 Å². The highest BCUT2D eigenvalue weighted by molar-refractivity contribution is 9.10. The highest BCUT2D eigenvalue weighted by Gasteiger charge is 2.25. The van der Waals surface area contributed by atoms with Crippen molar-refractivity contribution in [2.24, 2.45) is 5.73 Å². The molecule has 0 spiro atoms. The molecule has 2 aromatic carbocycles. The summed E-state index contributed by atoms with van der Waals surface area (Å²) in [6, 6.07) is 16.3. The maximum absolute atomic E-state index is 6.65. The third-order valence-corrected chi connectivity index (χ3v) is 4.16. The quantitative estimate of drug-likeness (QED) is 0.765. The molecule has 0 bridgehead atoms. The number of rotatable bonds is 2. The molecule has 1 heterocycles. The van der Waals surface area contributed by atoms with Gasteiger partial charge in [-0.1, -0.05) is 46.3 Å². The van der Waals surface area contributed by atoms with E-state index in [0.29, 0.717) is 0 Å². The van der Waals surface area contributed by atoms with Crippen LogP contribution in [0.4, 0.5) is 0 Å². The molecule has 2 nitrogen and oxygen atoms in total. The van der Waals surface area contributed by atoms with E-state index in [1.54, 1.807) is 0 Å². The van der Waals surface area contributed by atoms with E-state index in [9.17, 15) is 0 Å². The third kappa shape index (κ3) is 2.23. The fourth-order valence-corrected chi connectivity index (χ4v) is 2.94. The molecule has 0 fully saturated rings. The lowest BCUT2D eigenvalue weighted by Gasteiger charge is -2.27. The van der Waals surface area contributed by atoms with Gasteiger partial charge in [-0.05, 0) is 41.6 Å². The summed E-state index contributed by atoms with van der Waals surface area (Å²) in [7, 11) is 0. The first kappa shape index (κ1) is 13.3. The lowest BCUT2D eigenvalue weighted by molar-refractivity contribution is 0.608. The summed E-state index contributed by atoms with van der Waals surface area (Å²) in [4.78, 5) is 4.17. The van der Waals surface area contributed by atoms with Crippen molar-refractivity contribution in [3.8, 4) is 0 Å². The van der Waals surface area contributed by atoms with Crippen molar-refractivity contribution >= 4 is 26.7 Å². The summed E-state index contributed by atoms with van der Waals surface area (Å²) in [6.45, 7) is 2.05. The van der Waals surface area contributed by atoms with Gasteiger partial charge in [-0.3, -0.25) is 4.98 Å². The summed E-state index contributed by atoms with van der Waals surface area (Å²) >= 11 is 3.51. The Morgan fingerprint density at radius 2 is 1.90 bits per heavy atom. The Balaban J connectivity index is 2.23. The van der Waals surface area contributed by atoms with Crippen molar-refractivity contribution < 1.29 is 0 Å². The number of aromatic nitrogens is 1. The van der Waals surface area contributed by atoms with Crippen molar-refractivity contribution in [3.63, 3.8) is 0 Å². The average Bonchev–Trinajstić information content (AvgIpc) is 2.46. The summed E-state index contributed by atoms with van der Waals surface area (Å²) < 4.78 is 1.04. The largest absolute Gasteiger partial charge is 0.318 e. The van der Waals surface area contributed by atoms with Crippen LogP contribution in [0.2, 0.25) is 0 Å². The van der Waals surface area contributed by atoms with Gasteiger partial charge in [0.25, 0.3) is 0 Å². The fraction of sp³-hybridized carbons (Fsp3) is 0.118. The summed E-state index contributed by atoms with van der Waals surface area (Å²) in [5.74, 6) is 0. The van der Waals surface area contributed by atoms with Crippen LogP contribution in [0.15, 0.2) is 65.4 Å². The average molecular weight is 327 g/mol. The minimum atomic E-state index is -0.551. The maximum Gasteiger partial charge on any atom is 0.0643 e. The van der Waals surface area contributed by atoms with E-state index >= 15 is 0 Å². The second kappa shape index (κ2) is 5.00. The highest BCUT2D eigenvalue weighted by atomic mass is 79.9. The second-order valence-electron chi connectivity index (χ2n) is 5.12. The molecule has 3 heteroatoms. The lowest BCUT2D eigenvalue weighted by atomic mass is 9.83. The molecule has 0 saturated heterocycles. The fourth-order valence-electron chi connectivity index (χ4n) is 2.54. The van der Waals surface area contributed by atoms with E-state index in [1.807, 2.05) is 43.6 Å². The molecule has 20 heavy (non-hydrogen) atoms. The Kier molecular flexibility index (Phi) is 3.32. The van der Waals surface area contributed by atoms with E-state index in [2.05, 4.69) is 45.2 Å². The number of fused-ring (bicyclic) bond motifs is 1. The molecule has 1 unspecified atom stereocenters. The van der Waals surface area contributed by atoms with Crippen molar-refractivity contribution in [1.29, 1.82) is 0 Å². The van der Waals surface area contributed by atoms with Gasteiger partial charge in [0.15, 0.2) is 0 Å². The molecule has 0 aliphatic carbocycles. The third-order valence-electron chi connectivity index (χ3n) is 3.66. The summed E-state index contributed by atoms with van der Waals surface area (Å²) in [6.07, 6.45) is 3.68. The second-order valence-corrected chi connectivity index (χ2v) is 6.03. The van der Waals surface area contributed by atoms with Crippen LogP contribution in [0.5, 0.6) is 0 Å². The molecule has 0 saturated carbocycles. The molecule has 1 aromatic heterocycles. The van der Waals surface area contributed by atoms with Crippen LogP contribution in [0.25, 0.3) is 10.8 Å². The molecule has 0 amide bonds. The first-order valence-electron chi connectivity index (χ1n) is 6.47. The lowest BCUT2D eigenvalue weighted by Crippen LogP contribution is -2.34. The van der Waals surface area contributed by atoms with Crippen molar-refractivity contribution in [3.05, 3.63) is 76.5 Å². The van der Waals surface area contributed by atoms with Crippen molar-refractivity contribution in [2.45, 2.75) is 12.5 Å². The molecular weight excluding hydrogens is 312 g/mol. The minimum Gasteiger partial charge on any atom is -0.318 e. The number of hydrogen-bond acceptors (Lipinski definition) is 2. The molecule has 3 rings (SSSR count). The van der Waals surface area contributed by atoms with Gasteiger partial charge in [0, 0.05) is 22.3 Å². The van der Waals surface area contributed by atoms with Crippen molar-refractivity contribution in [2.75, 3.05) is 0 Å². The molecule has 1 atom stereocenters. The smallest absolute Gasteiger partial charge is 0.0643 e. The van der Waals surface area contributed by atoms with Crippen LogP contribution in [0.1, 0.15) is 18.1 Å². The predicted molar refractivity (Wildman–Crippen MR) is 86.5 cm³/mol. The standard InChI is InChI=1S/C17H15BrN2/c1-17(19,13-5-3-6-14(18)10-13)16-7-2-4-12-11-20-9-8-15(12)16/h2-11H,19H2,1H3. The summed E-state index contributed by atoms with van der Waals surface area (Å²) in [5, 5.41) is 2.25. The SMILES string of the molecule is CC(N)(c1cccc(Br)c1)c1cccc2cnccc12. The molecule has 100 valence electrons. The monoisotopic (exact) mass is 326 g/mol. The van der Waals surface area contributed by atoms with Crippen molar-refractivity contribution in [1.82, 2.24) is 4.98 Å². The Hall–Kier alpha value is -1.71. The Morgan fingerprint density at radius 1 is 1.10 bits per heavy atom. The van der Waals surface area contributed by atoms with E-state index < -0.39 is 5.54 Å². The Labute approximate surface area is 126 Å². The number of benzene rings is 2. The van der Waals surface area contributed by atoms with E-state index in [4.69, 9.17) is 5.73 Å². The Morgan fingerprint density at radius 3 is 2.70 bits per heavy atom. The number of halogens is 1. The molecule has 0 aliphatic heterocycles. The van der Waals surface area contributed by atoms with Gasteiger partial charge in [0.2, 0.25) is 0 Å². The van der Waals surface area contributed by atoms with Gasteiger partial charge in [0.05, 0.1) is 5.54 Å². The minimum absolute atomic E-state index is 0.551. The predicted octanol–water partition coefficient (Wildman–Crippen LogP) is 4.22. The number of nitrogens with zero attached hydrogens (tertiary/aromatic N) is 1. The van der Waals surface area contributed by atoms with E-state index in [0.717, 1.165) is 26.4 Å². The molecule has 0 radical (unpaired) electrons. The van der Waals surface area contributed by atoms with Crippen LogP contribution < -0.4 is 5.73 Å². The topological polar surface area (TPSA) is 38.9 Å². The summed E-state index contributed by atoms with van der Waals surface area (Å²) in [5.41, 5.74) is 8.29. The molecule has 0 aliphatic rings. The van der Waals surface area contributed by atoms with Gasteiger partial charge < -0.3 is 5.73 Å². The van der Waals surface area contributed by atoms with Crippen LogP contribution in [-0.4, -0.2) is 4.98 Å². The highest BCUT2D eigenvalue weighted by Crippen LogP contribution is 2.32. The molecule has 3 aromatic rings. The Bertz CT molecular complexity index is 760. The van der Waals surface area contributed by atoms with Gasteiger partial charge in [-0.25, -0.2) is 0 Å². The van der Waals surface area contributed by atoms with Crippen LogP contribution in [0, 0.1) is 0 Å². The number of pyridine rings is 1. The zero-order chi connectivity index (χ0) is 14.2. The molecular formula is C17H15BrN2. The van der Waals surface area contributed by atoms with Crippen LogP contribution >= 0.6 is 15.9 Å². The normalized spacial score (nSPS) is 14.2. The van der Waals surface area contributed by atoms with Gasteiger partial charge in [-0.15, -0.1) is 0 Å². The number of hydrogen-bond donors (Lipinski definition) is 1. The zero-order valence-corrected chi connectivity index (χ0v) is 12.8. The zero-order valence-electron chi connectivity index (χ0n) is 11.2. The van der Waals surface area contributed by atoms with E-state index in [-0.39, 0.29) is 0 Å². The van der Waals surface area contributed by atoms with Crippen LogP contribution in [-0.2, 0) is 5.54 Å². The number of nitrogens with two attached hydrogens (primary N) is 1. The first-order valence-corrected chi connectivity index (χ1v) is 7.26. The maximum atomic E-state index is 6.65. The first-order chi connectivity index (χ1) is 9.59. The van der Waals surface area contributed by atoms with Gasteiger partial charge in [-0.2, -0.15) is 0 Å². The molecule has 2 N–H and O–H groups in total. The van der Waals surface area contributed by atoms with Gasteiger partial charge >= 0.3 is 0 Å². The van der Waals surface area contributed by atoms with E-state index in [1.165, 1.54) is 0 Å².